The lowest BCUT2D eigenvalue weighted by molar-refractivity contribution is 0.100. The zero-order chi connectivity index (χ0) is 12.6. The maximum absolute atomic E-state index is 11.0. The predicted octanol–water partition coefficient (Wildman–Crippen LogP) is 0.565. The number of carbonyl (C=O) groups excluding carboxylic acids is 1. The van der Waals surface area contributed by atoms with Crippen molar-refractivity contribution in [2.24, 2.45) is 5.73 Å². The number of hydrogen-bond acceptors (Lipinski definition) is 4. The Bertz CT molecular complexity index is 588. The topological polar surface area (TPSA) is 99.8 Å². The molecule has 6 heteroatoms. The standard InChI is InChI=1S/C11H13N5O/c1-6-14-7(2)16(15-6)10-4-3-8(11(13)17)5-9(10)12/h3-5H,12H2,1-2H3,(H2,13,17). The minimum absolute atomic E-state index is 0.376. The summed E-state index contributed by atoms with van der Waals surface area (Å²) >= 11 is 0. The number of rotatable bonds is 2. The molecule has 0 bridgehead atoms. The van der Waals surface area contributed by atoms with Gasteiger partial charge in [-0.3, -0.25) is 4.79 Å². The minimum atomic E-state index is -0.505. The number of aryl methyl sites for hydroxylation is 2. The molecule has 0 aliphatic heterocycles. The summed E-state index contributed by atoms with van der Waals surface area (Å²) in [6.45, 7) is 3.64. The van der Waals surface area contributed by atoms with Gasteiger partial charge in [-0.05, 0) is 32.0 Å². The molecule has 1 amide bonds. The number of amides is 1. The molecule has 0 saturated carbocycles. The molecule has 0 radical (unpaired) electrons. The van der Waals surface area contributed by atoms with Gasteiger partial charge in [0.15, 0.2) is 0 Å². The Morgan fingerprint density at radius 3 is 2.53 bits per heavy atom. The van der Waals surface area contributed by atoms with Gasteiger partial charge in [-0.25, -0.2) is 9.67 Å². The first kappa shape index (κ1) is 11.1. The normalized spacial score (nSPS) is 10.5. The van der Waals surface area contributed by atoms with Gasteiger partial charge in [0.1, 0.15) is 11.6 Å². The Kier molecular flexibility index (Phi) is 2.55. The number of nitrogens with two attached hydrogens (primary N) is 2. The molecule has 2 rings (SSSR count). The summed E-state index contributed by atoms with van der Waals surface area (Å²) in [5.41, 5.74) is 12.6. The smallest absolute Gasteiger partial charge is 0.248 e. The van der Waals surface area contributed by atoms with E-state index in [0.717, 1.165) is 5.82 Å². The van der Waals surface area contributed by atoms with Crippen molar-refractivity contribution in [3.8, 4) is 5.69 Å². The third kappa shape index (κ3) is 1.96. The highest BCUT2D eigenvalue weighted by molar-refractivity contribution is 5.94. The number of benzene rings is 1. The second-order valence-corrected chi connectivity index (χ2v) is 3.76. The number of primary amides is 1. The molecule has 1 aromatic heterocycles. The largest absolute Gasteiger partial charge is 0.397 e. The summed E-state index contributed by atoms with van der Waals surface area (Å²) in [6, 6.07) is 4.86. The van der Waals surface area contributed by atoms with Gasteiger partial charge >= 0.3 is 0 Å². The Morgan fingerprint density at radius 1 is 1.35 bits per heavy atom. The fraction of sp³-hybridized carbons (Fsp3) is 0.182. The van der Waals surface area contributed by atoms with Crippen LogP contribution in [0.1, 0.15) is 22.0 Å². The number of anilines is 1. The SMILES string of the molecule is Cc1nc(C)n(-c2ccc(C(N)=O)cc2N)n1. The number of aromatic nitrogens is 3. The van der Waals surface area contributed by atoms with Crippen molar-refractivity contribution in [2.45, 2.75) is 13.8 Å². The summed E-state index contributed by atoms with van der Waals surface area (Å²) < 4.78 is 1.63. The van der Waals surface area contributed by atoms with Crippen molar-refractivity contribution in [3.05, 3.63) is 35.4 Å². The van der Waals surface area contributed by atoms with E-state index in [1.807, 2.05) is 6.92 Å². The van der Waals surface area contributed by atoms with Crippen LogP contribution in [0.25, 0.3) is 5.69 Å². The first-order chi connectivity index (χ1) is 7.99. The maximum atomic E-state index is 11.0. The third-order valence-electron chi connectivity index (χ3n) is 2.42. The molecule has 0 unspecified atom stereocenters. The lowest BCUT2D eigenvalue weighted by atomic mass is 10.1. The third-order valence-corrected chi connectivity index (χ3v) is 2.42. The van der Waals surface area contributed by atoms with E-state index in [4.69, 9.17) is 11.5 Å². The van der Waals surface area contributed by atoms with Crippen LogP contribution in [0.5, 0.6) is 0 Å². The van der Waals surface area contributed by atoms with Crippen LogP contribution >= 0.6 is 0 Å². The van der Waals surface area contributed by atoms with Crippen molar-refractivity contribution in [2.75, 3.05) is 5.73 Å². The van der Waals surface area contributed by atoms with Crippen LogP contribution in [0.2, 0.25) is 0 Å². The van der Waals surface area contributed by atoms with E-state index in [2.05, 4.69) is 10.1 Å². The first-order valence-corrected chi connectivity index (χ1v) is 5.09. The quantitative estimate of drug-likeness (QED) is 0.738. The van der Waals surface area contributed by atoms with Gasteiger partial charge < -0.3 is 11.5 Å². The molecule has 88 valence electrons. The summed E-state index contributed by atoms with van der Waals surface area (Å²) in [5.74, 6) is 0.900. The second kappa shape index (κ2) is 3.89. The summed E-state index contributed by atoms with van der Waals surface area (Å²) in [4.78, 5) is 15.2. The van der Waals surface area contributed by atoms with E-state index in [-0.39, 0.29) is 0 Å². The molecule has 0 aliphatic rings. The van der Waals surface area contributed by atoms with Crippen LogP contribution in [0.4, 0.5) is 5.69 Å². The van der Waals surface area contributed by atoms with Gasteiger partial charge in [0.2, 0.25) is 5.91 Å². The lowest BCUT2D eigenvalue weighted by Gasteiger charge is -2.07. The van der Waals surface area contributed by atoms with E-state index < -0.39 is 5.91 Å². The molecular weight excluding hydrogens is 218 g/mol. The van der Waals surface area contributed by atoms with Crippen molar-refractivity contribution >= 4 is 11.6 Å². The van der Waals surface area contributed by atoms with Gasteiger partial charge in [0, 0.05) is 5.56 Å². The van der Waals surface area contributed by atoms with E-state index in [1.54, 1.807) is 23.7 Å². The van der Waals surface area contributed by atoms with Crippen molar-refractivity contribution in [1.29, 1.82) is 0 Å². The molecule has 1 heterocycles. The van der Waals surface area contributed by atoms with E-state index >= 15 is 0 Å². The molecule has 0 saturated heterocycles. The molecule has 1 aromatic carbocycles. The number of nitrogen functional groups attached to an aromatic ring is 1. The zero-order valence-electron chi connectivity index (χ0n) is 9.64. The zero-order valence-corrected chi connectivity index (χ0v) is 9.64. The second-order valence-electron chi connectivity index (χ2n) is 3.76. The molecule has 0 fully saturated rings. The van der Waals surface area contributed by atoms with Gasteiger partial charge in [-0.2, -0.15) is 5.10 Å². The van der Waals surface area contributed by atoms with Crippen molar-refractivity contribution < 1.29 is 4.79 Å². The Balaban J connectivity index is 2.54. The average Bonchev–Trinajstić information content (AvgIpc) is 2.57. The van der Waals surface area contributed by atoms with Crippen LogP contribution < -0.4 is 11.5 Å². The number of hydrogen-bond donors (Lipinski definition) is 2. The van der Waals surface area contributed by atoms with E-state index in [9.17, 15) is 4.79 Å². The van der Waals surface area contributed by atoms with Crippen LogP contribution in [0, 0.1) is 13.8 Å². The lowest BCUT2D eigenvalue weighted by Crippen LogP contribution is -2.12. The number of nitrogens with zero attached hydrogens (tertiary/aromatic N) is 3. The van der Waals surface area contributed by atoms with Crippen LogP contribution in [-0.4, -0.2) is 20.7 Å². The summed E-state index contributed by atoms with van der Waals surface area (Å²) in [7, 11) is 0. The van der Waals surface area contributed by atoms with E-state index in [0.29, 0.717) is 22.8 Å². The number of carbonyl (C=O) groups is 1. The molecule has 2 aromatic rings. The Morgan fingerprint density at radius 2 is 2.06 bits per heavy atom. The van der Waals surface area contributed by atoms with Crippen molar-refractivity contribution in [1.82, 2.24) is 14.8 Å². The van der Waals surface area contributed by atoms with Crippen molar-refractivity contribution in [3.63, 3.8) is 0 Å². The van der Waals surface area contributed by atoms with Crippen LogP contribution in [0.3, 0.4) is 0 Å². The fourth-order valence-corrected chi connectivity index (χ4v) is 1.65. The highest BCUT2D eigenvalue weighted by atomic mass is 16.1. The molecule has 0 spiro atoms. The molecule has 6 nitrogen and oxygen atoms in total. The van der Waals surface area contributed by atoms with E-state index in [1.165, 1.54) is 6.07 Å². The van der Waals surface area contributed by atoms with Crippen LogP contribution in [-0.2, 0) is 0 Å². The highest BCUT2D eigenvalue weighted by Gasteiger charge is 2.10. The predicted molar refractivity (Wildman–Crippen MR) is 63.8 cm³/mol. The molecule has 17 heavy (non-hydrogen) atoms. The van der Waals surface area contributed by atoms with Gasteiger partial charge in [-0.15, -0.1) is 0 Å². The Labute approximate surface area is 98.3 Å². The Hall–Kier alpha value is -2.37. The van der Waals surface area contributed by atoms with Crippen LogP contribution in [0.15, 0.2) is 18.2 Å². The first-order valence-electron chi connectivity index (χ1n) is 5.09. The van der Waals surface area contributed by atoms with Gasteiger partial charge in [-0.1, -0.05) is 0 Å². The minimum Gasteiger partial charge on any atom is -0.397 e. The monoisotopic (exact) mass is 231 g/mol. The highest BCUT2D eigenvalue weighted by Crippen LogP contribution is 2.19. The van der Waals surface area contributed by atoms with Gasteiger partial charge in [0.25, 0.3) is 0 Å². The molecular formula is C11H13N5O. The van der Waals surface area contributed by atoms with Gasteiger partial charge in [0.05, 0.1) is 11.4 Å². The fourth-order valence-electron chi connectivity index (χ4n) is 1.65. The molecule has 4 N–H and O–H groups in total. The summed E-state index contributed by atoms with van der Waals surface area (Å²) in [5, 5.41) is 4.23. The molecule has 0 atom stereocenters. The maximum Gasteiger partial charge on any atom is 0.248 e. The molecule has 0 aliphatic carbocycles. The average molecular weight is 231 g/mol. The summed E-state index contributed by atoms with van der Waals surface area (Å²) in [6.07, 6.45) is 0.